The number of alkyl halides is 3. The Bertz CT molecular complexity index is 1110. The summed E-state index contributed by atoms with van der Waals surface area (Å²) in [7, 11) is 0. The third kappa shape index (κ3) is 3.48. The molecule has 7 heteroatoms. The van der Waals surface area contributed by atoms with E-state index in [0.29, 0.717) is 23.2 Å². The molecule has 3 aromatic heterocycles. The number of fused-ring (bicyclic) bond motifs is 1. The van der Waals surface area contributed by atoms with Crippen LogP contribution in [0.3, 0.4) is 0 Å². The molecule has 4 aromatic rings. The molecule has 0 saturated heterocycles. The molecule has 0 unspecified atom stereocenters. The molecule has 0 radical (unpaired) electrons. The zero-order valence-corrected chi connectivity index (χ0v) is 14.8. The minimum Gasteiger partial charge on any atom is -0.346 e. The predicted molar refractivity (Wildman–Crippen MR) is 101 cm³/mol. The lowest BCUT2D eigenvalue weighted by atomic mass is 9.99. The van der Waals surface area contributed by atoms with E-state index in [1.165, 1.54) is 6.07 Å². The first-order valence-electron chi connectivity index (χ1n) is 8.72. The van der Waals surface area contributed by atoms with E-state index >= 15 is 0 Å². The molecule has 0 saturated carbocycles. The lowest BCUT2D eigenvalue weighted by molar-refractivity contribution is -0.137. The second-order valence-electron chi connectivity index (χ2n) is 6.52. The quantitative estimate of drug-likeness (QED) is 0.538. The van der Waals surface area contributed by atoms with Crippen molar-refractivity contribution in [2.75, 3.05) is 0 Å². The van der Waals surface area contributed by atoms with Crippen LogP contribution in [0.15, 0.2) is 61.1 Å². The summed E-state index contributed by atoms with van der Waals surface area (Å²) in [5.74, 6) is 0. The molecule has 4 rings (SSSR count). The highest BCUT2D eigenvalue weighted by Gasteiger charge is 2.31. The molecule has 0 bridgehead atoms. The summed E-state index contributed by atoms with van der Waals surface area (Å²) in [6.07, 6.45) is 1.55. The van der Waals surface area contributed by atoms with Gasteiger partial charge in [0, 0.05) is 42.5 Å². The van der Waals surface area contributed by atoms with Gasteiger partial charge in [-0.2, -0.15) is 13.2 Å². The maximum absolute atomic E-state index is 13.1. The Labute approximate surface area is 159 Å². The van der Waals surface area contributed by atoms with Crippen molar-refractivity contribution in [1.29, 1.82) is 0 Å². The van der Waals surface area contributed by atoms with E-state index in [4.69, 9.17) is 5.73 Å². The molecule has 3 N–H and O–H groups in total. The number of aromatic nitrogens is 3. The number of nitrogens with one attached hydrogen (secondary N) is 1. The molecule has 0 atom stereocenters. The fourth-order valence-corrected chi connectivity index (χ4v) is 3.24. The van der Waals surface area contributed by atoms with Crippen molar-refractivity contribution in [3.63, 3.8) is 0 Å². The summed E-state index contributed by atoms with van der Waals surface area (Å²) in [6, 6.07) is 11.0. The van der Waals surface area contributed by atoms with E-state index in [-0.39, 0.29) is 6.54 Å². The summed E-state index contributed by atoms with van der Waals surface area (Å²) in [5, 5.41) is 1.04. The van der Waals surface area contributed by atoms with E-state index in [1.54, 1.807) is 18.5 Å². The summed E-state index contributed by atoms with van der Waals surface area (Å²) >= 11 is 0. The van der Waals surface area contributed by atoms with Crippen molar-refractivity contribution < 1.29 is 13.2 Å². The highest BCUT2D eigenvalue weighted by Crippen LogP contribution is 2.33. The first-order chi connectivity index (χ1) is 13.5. The fraction of sp³-hybridized carbons (Fsp3) is 0.143. The molecule has 0 spiro atoms. The second kappa shape index (κ2) is 7.09. The number of hydrogen-bond donors (Lipinski definition) is 2. The lowest BCUT2D eigenvalue weighted by Gasteiger charge is -2.13. The number of benzene rings is 1. The van der Waals surface area contributed by atoms with Crippen molar-refractivity contribution in [2.45, 2.75) is 19.1 Å². The minimum atomic E-state index is -4.41. The van der Waals surface area contributed by atoms with Crippen LogP contribution in [0.4, 0.5) is 13.2 Å². The molecule has 28 heavy (non-hydrogen) atoms. The Morgan fingerprint density at radius 2 is 1.86 bits per heavy atom. The number of pyridine rings is 2. The Kier molecular flexibility index (Phi) is 4.60. The molecule has 0 aliphatic carbocycles. The topological polar surface area (TPSA) is 67.6 Å². The van der Waals surface area contributed by atoms with Crippen LogP contribution in [0, 0.1) is 0 Å². The maximum Gasteiger partial charge on any atom is 0.416 e. The monoisotopic (exact) mass is 382 g/mol. The zero-order chi connectivity index (χ0) is 19.7. The molecular formula is C21H17F3N4. The third-order valence-corrected chi connectivity index (χ3v) is 4.69. The second-order valence-corrected chi connectivity index (χ2v) is 6.52. The maximum atomic E-state index is 13.1. The molecular weight excluding hydrogens is 365 g/mol. The van der Waals surface area contributed by atoms with Gasteiger partial charge < -0.3 is 10.7 Å². The number of nitrogens with zero attached hydrogens (tertiary/aromatic N) is 2. The highest BCUT2D eigenvalue weighted by atomic mass is 19.4. The smallest absolute Gasteiger partial charge is 0.346 e. The number of nitrogens with two attached hydrogens (primary N) is 1. The van der Waals surface area contributed by atoms with Crippen LogP contribution in [0.5, 0.6) is 0 Å². The van der Waals surface area contributed by atoms with Crippen LogP contribution >= 0.6 is 0 Å². The van der Waals surface area contributed by atoms with Gasteiger partial charge >= 0.3 is 6.18 Å². The van der Waals surface area contributed by atoms with Gasteiger partial charge in [0.05, 0.1) is 11.3 Å². The molecule has 0 aliphatic heterocycles. The van der Waals surface area contributed by atoms with Gasteiger partial charge in [0.1, 0.15) is 5.65 Å². The van der Waals surface area contributed by atoms with Crippen molar-refractivity contribution in [3.05, 3.63) is 83.3 Å². The van der Waals surface area contributed by atoms with Gasteiger partial charge in [0.25, 0.3) is 0 Å². The highest BCUT2D eigenvalue weighted by molar-refractivity contribution is 5.79. The summed E-state index contributed by atoms with van der Waals surface area (Å²) in [4.78, 5) is 11.8. The largest absolute Gasteiger partial charge is 0.416 e. The zero-order valence-electron chi connectivity index (χ0n) is 14.8. The van der Waals surface area contributed by atoms with Gasteiger partial charge in [0.15, 0.2) is 0 Å². The summed E-state index contributed by atoms with van der Waals surface area (Å²) in [6.45, 7) is 0.138. The SMILES string of the molecule is NCc1ccc(C(F)(F)F)cc1-c1ccc(Cc2c[nH]c3ncccc23)cn1. The molecule has 0 aliphatic rings. The van der Waals surface area contributed by atoms with Gasteiger partial charge in [-0.05, 0) is 47.0 Å². The van der Waals surface area contributed by atoms with Crippen LogP contribution in [0.1, 0.15) is 22.3 Å². The van der Waals surface area contributed by atoms with Gasteiger partial charge in [-0.3, -0.25) is 4.98 Å². The number of aromatic amines is 1. The van der Waals surface area contributed by atoms with Crippen molar-refractivity contribution in [3.8, 4) is 11.3 Å². The predicted octanol–water partition coefficient (Wildman–Crippen LogP) is 4.69. The van der Waals surface area contributed by atoms with Crippen LogP contribution < -0.4 is 5.73 Å². The van der Waals surface area contributed by atoms with Crippen molar-refractivity contribution in [2.24, 2.45) is 5.73 Å². The van der Waals surface area contributed by atoms with E-state index in [0.717, 1.165) is 34.3 Å². The van der Waals surface area contributed by atoms with Crippen LogP contribution in [-0.4, -0.2) is 15.0 Å². The van der Waals surface area contributed by atoms with Gasteiger partial charge in [-0.1, -0.05) is 12.1 Å². The van der Waals surface area contributed by atoms with E-state index in [2.05, 4.69) is 15.0 Å². The first-order valence-corrected chi connectivity index (χ1v) is 8.72. The van der Waals surface area contributed by atoms with E-state index in [9.17, 15) is 13.2 Å². The molecule has 1 aromatic carbocycles. The first kappa shape index (κ1) is 18.2. The van der Waals surface area contributed by atoms with Gasteiger partial charge in [-0.25, -0.2) is 4.98 Å². The Morgan fingerprint density at radius 3 is 2.57 bits per heavy atom. The molecule has 142 valence electrons. The van der Waals surface area contributed by atoms with Crippen LogP contribution in [-0.2, 0) is 19.1 Å². The van der Waals surface area contributed by atoms with Gasteiger partial charge in [-0.15, -0.1) is 0 Å². The summed E-state index contributed by atoms with van der Waals surface area (Å²) < 4.78 is 39.2. The Hall–Kier alpha value is -3.19. The van der Waals surface area contributed by atoms with Crippen molar-refractivity contribution in [1.82, 2.24) is 15.0 Å². The Balaban J connectivity index is 1.65. The van der Waals surface area contributed by atoms with Crippen LogP contribution in [0.2, 0.25) is 0 Å². The number of H-pyrrole nitrogens is 1. The van der Waals surface area contributed by atoms with E-state index in [1.807, 2.05) is 24.4 Å². The third-order valence-electron chi connectivity index (χ3n) is 4.69. The standard InChI is InChI=1S/C21H17F3N4/c22-21(23,24)16-5-4-14(10-25)18(9-16)19-6-3-13(11-27-19)8-15-12-28-20-17(15)2-1-7-26-20/h1-7,9,11-12H,8,10,25H2,(H,26,28). The van der Waals surface area contributed by atoms with Crippen LogP contribution in [0.25, 0.3) is 22.3 Å². The van der Waals surface area contributed by atoms with E-state index < -0.39 is 11.7 Å². The lowest BCUT2D eigenvalue weighted by Crippen LogP contribution is -2.07. The number of halogens is 3. The molecule has 0 amide bonds. The normalized spacial score (nSPS) is 11.9. The molecule has 4 nitrogen and oxygen atoms in total. The molecule has 0 fully saturated rings. The average molecular weight is 382 g/mol. The Morgan fingerprint density at radius 1 is 1.00 bits per heavy atom. The number of hydrogen-bond acceptors (Lipinski definition) is 3. The fourth-order valence-electron chi connectivity index (χ4n) is 3.24. The number of rotatable bonds is 4. The van der Waals surface area contributed by atoms with Crippen molar-refractivity contribution >= 4 is 11.0 Å². The van der Waals surface area contributed by atoms with Gasteiger partial charge in [0.2, 0.25) is 0 Å². The summed E-state index contributed by atoms with van der Waals surface area (Å²) in [5.41, 5.74) is 9.34. The average Bonchev–Trinajstić information content (AvgIpc) is 3.10. The molecule has 3 heterocycles. The minimum absolute atomic E-state index is 0.138.